The van der Waals surface area contributed by atoms with Gasteiger partial charge in [-0.25, -0.2) is 0 Å². The number of aliphatic carboxylic acids is 1. The number of aromatic nitrogens is 2. The highest BCUT2D eigenvalue weighted by Crippen LogP contribution is 1.99. The molecule has 1 aromatic heterocycles. The molecule has 0 aliphatic rings. The number of likely N-dealkylation sites (N-methyl/N-ethyl adjacent to an activating group) is 1. The normalized spacial score (nSPS) is 10.9. The van der Waals surface area contributed by atoms with Crippen LogP contribution in [0.4, 0.5) is 0 Å². The number of hydrogen-bond donors (Lipinski definition) is 1. The number of rotatable bonds is 6. The number of carboxylic acids is 1. The van der Waals surface area contributed by atoms with Crippen molar-refractivity contribution in [1.29, 1.82) is 0 Å². The molecule has 5 heteroatoms. The summed E-state index contributed by atoms with van der Waals surface area (Å²) in [7, 11) is 1.89. The molecule has 0 aliphatic carbocycles. The van der Waals surface area contributed by atoms with E-state index in [9.17, 15) is 4.79 Å². The molecular formula is C10H17N3O2. The molecule has 0 unspecified atom stereocenters. The van der Waals surface area contributed by atoms with Gasteiger partial charge in [0.15, 0.2) is 0 Å². The molecule has 0 spiro atoms. The van der Waals surface area contributed by atoms with E-state index in [4.69, 9.17) is 5.11 Å². The van der Waals surface area contributed by atoms with E-state index in [1.807, 2.05) is 29.6 Å². The summed E-state index contributed by atoms with van der Waals surface area (Å²) in [5.41, 5.74) is 1.12. The summed E-state index contributed by atoms with van der Waals surface area (Å²) in [6.45, 7) is 3.58. The zero-order valence-electron chi connectivity index (χ0n) is 9.18. The Morgan fingerprint density at radius 3 is 2.87 bits per heavy atom. The van der Waals surface area contributed by atoms with Crippen molar-refractivity contribution in [2.45, 2.75) is 13.3 Å². The average molecular weight is 211 g/mol. The van der Waals surface area contributed by atoms with Crippen LogP contribution in [0.3, 0.4) is 0 Å². The Hall–Kier alpha value is -1.36. The first-order valence-corrected chi connectivity index (χ1v) is 5.04. The summed E-state index contributed by atoms with van der Waals surface area (Å²) in [5, 5.41) is 12.7. The van der Waals surface area contributed by atoms with Crippen molar-refractivity contribution in [2.75, 3.05) is 19.6 Å². The second-order valence-electron chi connectivity index (χ2n) is 3.46. The molecular weight excluding hydrogens is 194 g/mol. The van der Waals surface area contributed by atoms with Gasteiger partial charge in [-0.15, -0.1) is 0 Å². The summed E-state index contributed by atoms with van der Waals surface area (Å²) in [6, 6.07) is 1.95. The van der Waals surface area contributed by atoms with Crippen molar-refractivity contribution < 1.29 is 9.90 Å². The van der Waals surface area contributed by atoms with Gasteiger partial charge in [0.25, 0.3) is 0 Å². The molecule has 1 aromatic rings. The van der Waals surface area contributed by atoms with E-state index in [-0.39, 0.29) is 6.54 Å². The van der Waals surface area contributed by atoms with Crippen LogP contribution in [0.1, 0.15) is 12.6 Å². The molecule has 0 fully saturated rings. The molecule has 0 aromatic carbocycles. The zero-order valence-corrected chi connectivity index (χ0v) is 9.18. The van der Waals surface area contributed by atoms with Crippen molar-refractivity contribution in [3.8, 4) is 0 Å². The molecule has 0 saturated heterocycles. The fraction of sp³-hybridized carbons (Fsp3) is 0.600. The topological polar surface area (TPSA) is 58.4 Å². The van der Waals surface area contributed by atoms with Crippen LogP contribution in [0.5, 0.6) is 0 Å². The Labute approximate surface area is 89.3 Å². The first-order valence-electron chi connectivity index (χ1n) is 5.04. The van der Waals surface area contributed by atoms with Crippen molar-refractivity contribution in [3.05, 3.63) is 18.0 Å². The molecule has 0 saturated carbocycles. The highest BCUT2D eigenvalue weighted by atomic mass is 16.4. The second kappa shape index (κ2) is 5.50. The second-order valence-corrected chi connectivity index (χ2v) is 3.46. The molecule has 5 nitrogen and oxygen atoms in total. The molecule has 1 N–H and O–H groups in total. The Morgan fingerprint density at radius 2 is 2.40 bits per heavy atom. The largest absolute Gasteiger partial charge is 0.480 e. The Morgan fingerprint density at radius 1 is 1.67 bits per heavy atom. The van der Waals surface area contributed by atoms with Gasteiger partial charge < -0.3 is 5.11 Å². The van der Waals surface area contributed by atoms with Crippen LogP contribution in [-0.2, 0) is 18.3 Å². The number of carboxylic acid groups (broad SMARTS) is 1. The fourth-order valence-corrected chi connectivity index (χ4v) is 1.46. The Kier molecular flexibility index (Phi) is 4.30. The smallest absolute Gasteiger partial charge is 0.317 e. The van der Waals surface area contributed by atoms with Crippen LogP contribution >= 0.6 is 0 Å². The minimum Gasteiger partial charge on any atom is -0.480 e. The molecule has 0 atom stereocenters. The third-order valence-electron chi connectivity index (χ3n) is 2.41. The summed E-state index contributed by atoms with van der Waals surface area (Å²) in [4.78, 5) is 12.4. The number of hydrogen-bond acceptors (Lipinski definition) is 3. The molecule has 1 rings (SSSR count). The van der Waals surface area contributed by atoms with E-state index < -0.39 is 5.97 Å². The van der Waals surface area contributed by atoms with Gasteiger partial charge in [0.05, 0.1) is 6.54 Å². The molecule has 1 heterocycles. The highest BCUT2D eigenvalue weighted by Gasteiger charge is 2.08. The fourth-order valence-electron chi connectivity index (χ4n) is 1.46. The predicted molar refractivity (Wildman–Crippen MR) is 56.7 cm³/mol. The van der Waals surface area contributed by atoms with E-state index in [0.29, 0.717) is 0 Å². The van der Waals surface area contributed by atoms with E-state index in [1.165, 1.54) is 0 Å². The number of aryl methyl sites for hydroxylation is 1. The van der Waals surface area contributed by atoms with E-state index in [1.54, 1.807) is 6.20 Å². The lowest BCUT2D eigenvalue weighted by molar-refractivity contribution is -0.138. The first kappa shape index (κ1) is 11.7. The molecule has 0 bridgehead atoms. The van der Waals surface area contributed by atoms with Gasteiger partial charge >= 0.3 is 5.97 Å². The lowest BCUT2D eigenvalue weighted by Crippen LogP contribution is -2.31. The third-order valence-corrected chi connectivity index (χ3v) is 2.41. The Bertz CT molecular complexity index is 322. The summed E-state index contributed by atoms with van der Waals surface area (Å²) in [5.74, 6) is -0.776. The summed E-state index contributed by atoms with van der Waals surface area (Å²) in [6.07, 6.45) is 2.58. The van der Waals surface area contributed by atoms with Gasteiger partial charge in [-0.3, -0.25) is 14.4 Å². The van der Waals surface area contributed by atoms with Gasteiger partial charge in [-0.1, -0.05) is 6.92 Å². The highest BCUT2D eigenvalue weighted by molar-refractivity contribution is 5.69. The van der Waals surface area contributed by atoms with E-state index >= 15 is 0 Å². The SMILES string of the molecule is CCN(CCc1ccnn1C)CC(=O)O. The maximum absolute atomic E-state index is 10.5. The van der Waals surface area contributed by atoms with Gasteiger partial charge in [0, 0.05) is 31.9 Å². The van der Waals surface area contributed by atoms with Crippen LogP contribution in [0, 0.1) is 0 Å². The number of carbonyl (C=O) groups is 1. The maximum atomic E-state index is 10.5. The molecule has 0 amide bonds. The van der Waals surface area contributed by atoms with Gasteiger partial charge in [-0.2, -0.15) is 5.10 Å². The van der Waals surface area contributed by atoms with Gasteiger partial charge in [0.1, 0.15) is 0 Å². The van der Waals surface area contributed by atoms with Crippen LogP contribution in [0.25, 0.3) is 0 Å². The van der Waals surface area contributed by atoms with Gasteiger partial charge in [0.2, 0.25) is 0 Å². The quantitative estimate of drug-likeness (QED) is 0.738. The molecule has 0 radical (unpaired) electrons. The molecule has 15 heavy (non-hydrogen) atoms. The minimum atomic E-state index is -0.776. The predicted octanol–water partition coefficient (Wildman–Crippen LogP) is 0.369. The standard InChI is InChI=1S/C10H17N3O2/c1-3-13(8-10(14)15)7-5-9-4-6-11-12(9)2/h4,6H,3,5,7-8H2,1-2H3,(H,14,15). The Balaban J connectivity index is 2.41. The van der Waals surface area contributed by atoms with Gasteiger partial charge in [-0.05, 0) is 12.6 Å². The monoisotopic (exact) mass is 211 g/mol. The van der Waals surface area contributed by atoms with Crippen LogP contribution in [0.15, 0.2) is 12.3 Å². The molecule has 0 aliphatic heterocycles. The maximum Gasteiger partial charge on any atom is 0.317 e. The van der Waals surface area contributed by atoms with E-state index in [0.717, 1.165) is 25.2 Å². The summed E-state index contributed by atoms with van der Waals surface area (Å²) >= 11 is 0. The van der Waals surface area contributed by atoms with Crippen LogP contribution < -0.4 is 0 Å². The van der Waals surface area contributed by atoms with Crippen LogP contribution in [0.2, 0.25) is 0 Å². The zero-order chi connectivity index (χ0) is 11.3. The van der Waals surface area contributed by atoms with Crippen molar-refractivity contribution in [3.63, 3.8) is 0 Å². The van der Waals surface area contributed by atoms with E-state index in [2.05, 4.69) is 5.10 Å². The third kappa shape index (κ3) is 3.71. The number of nitrogens with zero attached hydrogens (tertiary/aromatic N) is 3. The van der Waals surface area contributed by atoms with Crippen molar-refractivity contribution in [2.24, 2.45) is 7.05 Å². The first-order chi connectivity index (χ1) is 7.13. The average Bonchev–Trinajstić information content (AvgIpc) is 2.58. The van der Waals surface area contributed by atoms with Crippen molar-refractivity contribution in [1.82, 2.24) is 14.7 Å². The molecule has 84 valence electrons. The lowest BCUT2D eigenvalue weighted by Gasteiger charge is -2.17. The summed E-state index contributed by atoms with van der Waals surface area (Å²) < 4.78 is 1.81. The minimum absolute atomic E-state index is 0.106. The van der Waals surface area contributed by atoms with Crippen LogP contribution in [-0.4, -0.2) is 45.4 Å². The van der Waals surface area contributed by atoms with Crippen molar-refractivity contribution >= 4 is 5.97 Å². The lowest BCUT2D eigenvalue weighted by atomic mass is 10.3.